The second-order valence-corrected chi connectivity index (χ2v) is 6.21. The normalized spacial score (nSPS) is 11.7. The summed E-state index contributed by atoms with van der Waals surface area (Å²) in [6.07, 6.45) is 1.04. The van der Waals surface area contributed by atoms with Crippen LogP contribution in [0.25, 0.3) is 10.8 Å². The summed E-state index contributed by atoms with van der Waals surface area (Å²) in [4.78, 5) is 12.1. The van der Waals surface area contributed by atoms with Gasteiger partial charge in [-0.2, -0.15) is 10.2 Å². The topological polar surface area (TPSA) is 70.1 Å². The maximum atomic E-state index is 12.1. The molecule has 0 fully saturated rings. The predicted molar refractivity (Wildman–Crippen MR) is 101 cm³/mol. The smallest absolute Gasteiger partial charge is 0.240 e. The maximum absolute atomic E-state index is 12.1. The molecule has 1 aromatic heterocycles. The van der Waals surface area contributed by atoms with Crippen molar-refractivity contribution in [3.8, 4) is 0 Å². The first-order valence-electron chi connectivity index (χ1n) is 8.37. The van der Waals surface area contributed by atoms with Gasteiger partial charge in [0.2, 0.25) is 5.91 Å². The van der Waals surface area contributed by atoms with Crippen molar-refractivity contribution in [3.05, 3.63) is 65.0 Å². The van der Waals surface area contributed by atoms with Crippen molar-refractivity contribution in [2.75, 3.05) is 0 Å². The molecular formula is C20H22N4O. The van der Waals surface area contributed by atoms with Crippen LogP contribution in [0.1, 0.15) is 35.9 Å². The number of rotatable bonds is 5. The van der Waals surface area contributed by atoms with Gasteiger partial charge in [0.05, 0.1) is 11.4 Å². The van der Waals surface area contributed by atoms with Crippen molar-refractivity contribution in [1.29, 1.82) is 0 Å². The quantitative estimate of drug-likeness (QED) is 0.552. The lowest BCUT2D eigenvalue weighted by Crippen LogP contribution is -2.19. The van der Waals surface area contributed by atoms with Gasteiger partial charge in [-0.25, -0.2) is 5.43 Å². The highest BCUT2D eigenvalue weighted by molar-refractivity contribution is 6.02. The van der Waals surface area contributed by atoms with E-state index in [0.29, 0.717) is 12.8 Å². The summed E-state index contributed by atoms with van der Waals surface area (Å²) in [6, 6.07) is 14.3. The van der Waals surface area contributed by atoms with Gasteiger partial charge in [0, 0.05) is 12.1 Å². The summed E-state index contributed by atoms with van der Waals surface area (Å²) in [5, 5.41) is 13.7. The first-order valence-corrected chi connectivity index (χ1v) is 8.37. The largest absolute Gasteiger partial charge is 0.282 e. The highest BCUT2D eigenvalue weighted by atomic mass is 16.2. The fraction of sp³-hybridized carbons (Fsp3) is 0.250. The number of H-pyrrole nitrogens is 1. The molecule has 0 aliphatic carbocycles. The van der Waals surface area contributed by atoms with Crippen molar-refractivity contribution < 1.29 is 4.79 Å². The highest BCUT2D eigenvalue weighted by Crippen LogP contribution is 2.16. The summed E-state index contributed by atoms with van der Waals surface area (Å²) in [7, 11) is 0. The molecule has 2 N–H and O–H groups in total. The van der Waals surface area contributed by atoms with Gasteiger partial charge in [-0.15, -0.1) is 0 Å². The van der Waals surface area contributed by atoms with E-state index in [9.17, 15) is 4.79 Å². The Hall–Kier alpha value is -2.95. The lowest BCUT2D eigenvalue weighted by Gasteiger charge is -2.05. The summed E-state index contributed by atoms with van der Waals surface area (Å²) in [5.74, 6) is -0.0971. The zero-order chi connectivity index (χ0) is 17.8. The number of nitrogens with zero attached hydrogens (tertiary/aromatic N) is 2. The van der Waals surface area contributed by atoms with E-state index in [2.05, 4.69) is 45.0 Å². The van der Waals surface area contributed by atoms with Crippen molar-refractivity contribution in [2.45, 2.75) is 33.6 Å². The molecule has 5 nitrogen and oxygen atoms in total. The Balaban J connectivity index is 1.62. The Morgan fingerprint density at radius 2 is 1.92 bits per heavy atom. The number of hydrazone groups is 1. The molecule has 5 heteroatoms. The Morgan fingerprint density at radius 3 is 2.64 bits per heavy atom. The van der Waals surface area contributed by atoms with E-state index in [1.165, 1.54) is 5.39 Å². The SMILES string of the molecule is C/C(=N\NC(=O)CCc1c(C)n[nH]c1C)c1ccc2ccccc2c1. The molecule has 0 bridgehead atoms. The molecular weight excluding hydrogens is 312 g/mol. The first-order chi connectivity index (χ1) is 12.0. The van der Waals surface area contributed by atoms with E-state index in [0.717, 1.165) is 33.6 Å². The molecule has 0 aliphatic rings. The molecule has 3 aromatic rings. The number of amides is 1. The zero-order valence-corrected chi connectivity index (χ0v) is 14.8. The number of fused-ring (bicyclic) bond motifs is 1. The second-order valence-electron chi connectivity index (χ2n) is 6.21. The molecule has 25 heavy (non-hydrogen) atoms. The van der Waals surface area contributed by atoms with Crippen LogP contribution in [-0.4, -0.2) is 21.8 Å². The van der Waals surface area contributed by atoms with E-state index >= 15 is 0 Å². The number of hydrogen-bond acceptors (Lipinski definition) is 3. The highest BCUT2D eigenvalue weighted by Gasteiger charge is 2.09. The van der Waals surface area contributed by atoms with Crippen LogP contribution in [0.4, 0.5) is 0 Å². The number of carbonyl (C=O) groups is 1. The molecule has 0 saturated heterocycles. The van der Waals surface area contributed by atoms with Gasteiger partial charge in [0.15, 0.2) is 0 Å². The minimum absolute atomic E-state index is 0.0971. The third-order valence-electron chi connectivity index (χ3n) is 4.40. The second kappa shape index (κ2) is 7.30. The Morgan fingerprint density at radius 1 is 1.16 bits per heavy atom. The minimum atomic E-state index is -0.0971. The summed E-state index contributed by atoms with van der Waals surface area (Å²) in [6.45, 7) is 5.81. The van der Waals surface area contributed by atoms with Crippen LogP contribution in [0.3, 0.4) is 0 Å². The zero-order valence-electron chi connectivity index (χ0n) is 14.8. The number of benzene rings is 2. The molecule has 0 aliphatic heterocycles. The number of carbonyl (C=O) groups excluding carboxylic acids is 1. The number of aryl methyl sites for hydroxylation is 2. The van der Waals surface area contributed by atoms with Crippen LogP contribution in [0.5, 0.6) is 0 Å². The molecule has 1 heterocycles. The van der Waals surface area contributed by atoms with E-state index in [1.807, 2.05) is 39.0 Å². The van der Waals surface area contributed by atoms with E-state index in [1.54, 1.807) is 0 Å². The van der Waals surface area contributed by atoms with Crippen molar-refractivity contribution in [1.82, 2.24) is 15.6 Å². The van der Waals surface area contributed by atoms with Gasteiger partial charge in [0.1, 0.15) is 0 Å². The molecule has 0 atom stereocenters. The van der Waals surface area contributed by atoms with Crippen LogP contribution >= 0.6 is 0 Å². The molecule has 0 spiro atoms. The molecule has 1 amide bonds. The maximum Gasteiger partial charge on any atom is 0.240 e. The van der Waals surface area contributed by atoms with Gasteiger partial charge in [0.25, 0.3) is 0 Å². The summed E-state index contributed by atoms with van der Waals surface area (Å²) < 4.78 is 0. The third kappa shape index (κ3) is 3.94. The number of nitrogens with one attached hydrogen (secondary N) is 2. The molecule has 0 saturated carbocycles. The van der Waals surface area contributed by atoms with Gasteiger partial charge < -0.3 is 0 Å². The van der Waals surface area contributed by atoms with Crippen LogP contribution in [0.15, 0.2) is 47.6 Å². The van der Waals surface area contributed by atoms with Crippen molar-refractivity contribution in [3.63, 3.8) is 0 Å². The monoisotopic (exact) mass is 334 g/mol. The van der Waals surface area contributed by atoms with Crippen molar-refractivity contribution >= 4 is 22.4 Å². The predicted octanol–water partition coefficient (Wildman–Crippen LogP) is 3.65. The Labute approximate surface area is 147 Å². The first kappa shape index (κ1) is 16.9. The van der Waals surface area contributed by atoms with Gasteiger partial charge in [-0.05, 0) is 55.2 Å². The number of aromatic amines is 1. The molecule has 0 radical (unpaired) electrons. The lowest BCUT2D eigenvalue weighted by atomic mass is 10.0. The van der Waals surface area contributed by atoms with E-state index < -0.39 is 0 Å². The Bertz CT molecular complexity index is 920. The molecule has 3 rings (SSSR count). The average Bonchev–Trinajstić information content (AvgIpc) is 2.95. The third-order valence-corrected chi connectivity index (χ3v) is 4.40. The summed E-state index contributed by atoms with van der Waals surface area (Å²) >= 11 is 0. The molecule has 128 valence electrons. The van der Waals surface area contributed by atoms with Crippen molar-refractivity contribution in [2.24, 2.45) is 5.10 Å². The van der Waals surface area contributed by atoms with Crippen LogP contribution in [0, 0.1) is 13.8 Å². The van der Waals surface area contributed by atoms with E-state index in [4.69, 9.17) is 0 Å². The summed E-state index contributed by atoms with van der Waals surface area (Å²) in [5.41, 5.74) is 7.50. The average molecular weight is 334 g/mol. The van der Waals surface area contributed by atoms with Gasteiger partial charge >= 0.3 is 0 Å². The number of aromatic nitrogens is 2. The number of hydrogen-bond donors (Lipinski definition) is 2. The minimum Gasteiger partial charge on any atom is -0.282 e. The lowest BCUT2D eigenvalue weighted by molar-refractivity contribution is -0.121. The molecule has 0 unspecified atom stereocenters. The molecule has 2 aromatic carbocycles. The van der Waals surface area contributed by atoms with Crippen LogP contribution in [-0.2, 0) is 11.2 Å². The fourth-order valence-corrected chi connectivity index (χ4v) is 2.86. The Kier molecular flexibility index (Phi) is 4.93. The fourth-order valence-electron chi connectivity index (χ4n) is 2.86. The van der Waals surface area contributed by atoms with Crippen LogP contribution < -0.4 is 5.43 Å². The van der Waals surface area contributed by atoms with Crippen LogP contribution in [0.2, 0.25) is 0 Å². The standard InChI is InChI=1S/C20H22N4O/c1-13(17-9-8-16-6-4-5-7-18(16)12-17)21-24-20(25)11-10-19-14(2)22-23-15(19)3/h4-9,12H,10-11H2,1-3H3,(H,22,23)(H,24,25)/b21-13+. The van der Waals surface area contributed by atoms with E-state index in [-0.39, 0.29) is 5.91 Å². The van der Waals surface area contributed by atoms with Gasteiger partial charge in [-0.3, -0.25) is 9.89 Å². The van der Waals surface area contributed by atoms with Gasteiger partial charge in [-0.1, -0.05) is 36.4 Å².